The molecule has 2 aromatic rings. The van der Waals surface area contributed by atoms with Crippen LogP contribution in [0.1, 0.15) is 46.8 Å². The molecule has 0 N–H and O–H groups in total. The van der Waals surface area contributed by atoms with Crippen molar-refractivity contribution < 1.29 is 9.53 Å². The number of aromatic nitrogens is 2. The number of anilines is 1. The maximum atomic E-state index is 12.7. The minimum atomic E-state index is -0.0175. The van der Waals surface area contributed by atoms with E-state index in [2.05, 4.69) is 35.6 Å². The van der Waals surface area contributed by atoms with E-state index in [4.69, 9.17) is 4.74 Å². The van der Waals surface area contributed by atoms with Gasteiger partial charge in [-0.2, -0.15) is 0 Å². The number of ketones is 1. The second-order valence-corrected chi connectivity index (χ2v) is 8.77. The van der Waals surface area contributed by atoms with Crippen LogP contribution in [0.5, 0.6) is 0 Å². The predicted molar refractivity (Wildman–Crippen MR) is 103 cm³/mol. The normalized spacial score (nSPS) is 19.0. The second-order valence-electron chi connectivity index (χ2n) is 7.77. The van der Waals surface area contributed by atoms with Gasteiger partial charge in [0, 0.05) is 26.6 Å². The Morgan fingerprint density at radius 2 is 2.00 bits per heavy atom. The molecule has 0 saturated carbocycles. The van der Waals surface area contributed by atoms with Crippen molar-refractivity contribution >= 4 is 22.1 Å². The summed E-state index contributed by atoms with van der Waals surface area (Å²) >= 11 is 1.61. The van der Waals surface area contributed by atoms with Crippen LogP contribution in [-0.2, 0) is 18.2 Å². The molecule has 0 aromatic carbocycles. The van der Waals surface area contributed by atoms with Crippen molar-refractivity contribution in [3.05, 3.63) is 34.2 Å². The van der Waals surface area contributed by atoms with Gasteiger partial charge in [-0.25, -0.2) is 4.98 Å². The van der Waals surface area contributed by atoms with Gasteiger partial charge in [-0.15, -0.1) is 11.3 Å². The van der Waals surface area contributed by atoms with Gasteiger partial charge in [-0.1, -0.05) is 19.8 Å². The molecule has 6 heteroatoms. The van der Waals surface area contributed by atoms with E-state index in [9.17, 15) is 4.79 Å². The number of hydrogen-bond acceptors (Lipinski definition) is 5. The van der Waals surface area contributed by atoms with E-state index >= 15 is 0 Å². The van der Waals surface area contributed by atoms with Crippen LogP contribution >= 0.6 is 11.3 Å². The number of morpholine rings is 1. The van der Waals surface area contributed by atoms with Crippen LogP contribution in [0.15, 0.2) is 12.5 Å². The van der Waals surface area contributed by atoms with Crippen LogP contribution in [0.4, 0.5) is 5.00 Å². The number of thiophene rings is 1. The van der Waals surface area contributed by atoms with Crippen LogP contribution in [-0.4, -0.2) is 41.6 Å². The highest BCUT2D eigenvalue weighted by Gasteiger charge is 2.36. The van der Waals surface area contributed by atoms with Gasteiger partial charge in [0.1, 0.15) is 10.7 Å². The number of nitrogens with zero attached hydrogens (tertiary/aromatic N) is 3. The first-order valence-corrected chi connectivity index (χ1v) is 9.76. The first-order valence-electron chi connectivity index (χ1n) is 8.94. The fourth-order valence-corrected chi connectivity index (χ4v) is 4.89. The number of carbonyl (C=O) groups is 1. The number of fused-ring (bicyclic) bond motifs is 1. The van der Waals surface area contributed by atoms with Crippen molar-refractivity contribution in [3.8, 4) is 11.8 Å². The lowest BCUT2D eigenvalue weighted by atomic mass is 9.75. The molecule has 0 bridgehead atoms. The van der Waals surface area contributed by atoms with Gasteiger partial charge in [0.15, 0.2) is 5.78 Å². The zero-order valence-corrected chi connectivity index (χ0v) is 16.3. The van der Waals surface area contributed by atoms with Crippen molar-refractivity contribution in [1.82, 2.24) is 9.55 Å². The number of hydrogen-bond donors (Lipinski definition) is 0. The van der Waals surface area contributed by atoms with Crippen LogP contribution in [0.3, 0.4) is 0 Å². The van der Waals surface area contributed by atoms with Crippen molar-refractivity contribution in [3.63, 3.8) is 0 Å². The summed E-state index contributed by atoms with van der Waals surface area (Å²) < 4.78 is 7.41. The van der Waals surface area contributed by atoms with Crippen LogP contribution in [0.2, 0.25) is 0 Å². The smallest absolute Gasteiger partial charge is 0.173 e. The third-order valence-corrected chi connectivity index (χ3v) is 6.30. The van der Waals surface area contributed by atoms with E-state index < -0.39 is 0 Å². The van der Waals surface area contributed by atoms with Crippen molar-refractivity contribution in [2.24, 2.45) is 12.5 Å². The maximum Gasteiger partial charge on any atom is 0.173 e. The molecule has 0 unspecified atom stereocenters. The molecule has 26 heavy (non-hydrogen) atoms. The fourth-order valence-electron chi connectivity index (χ4n) is 3.62. The average Bonchev–Trinajstić information content (AvgIpc) is 3.16. The molecule has 0 radical (unpaired) electrons. The molecule has 4 rings (SSSR count). The third-order valence-electron chi connectivity index (χ3n) is 4.97. The van der Waals surface area contributed by atoms with Gasteiger partial charge in [0.2, 0.25) is 0 Å². The third kappa shape index (κ3) is 3.17. The quantitative estimate of drug-likeness (QED) is 0.725. The predicted octanol–water partition coefficient (Wildman–Crippen LogP) is 2.87. The number of Topliss-reactive ketones (excluding diaryl/α,β-unsaturated/α-hetero) is 1. The average molecular weight is 369 g/mol. The standard InChI is InChI=1S/C20H23N3O2S/c1-20(2)10-16-15(5-4-14-12-21-13-22(14)3)19(23-6-8-25-9-7-23)26-18(16)17(24)11-20/h12-13H,6-11H2,1-3H3. The van der Waals surface area contributed by atoms with Crippen LogP contribution in [0, 0.1) is 17.3 Å². The Balaban J connectivity index is 1.83. The Hall–Kier alpha value is -2.10. The Morgan fingerprint density at radius 1 is 1.23 bits per heavy atom. The molecule has 0 atom stereocenters. The molecule has 1 aliphatic heterocycles. The summed E-state index contributed by atoms with van der Waals surface area (Å²) in [5.41, 5.74) is 3.01. The Morgan fingerprint density at radius 3 is 2.69 bits per heavy atom. The Bertz CT molecular complexity index is 907. The zero-order chi connectivity index (χ0) is 18.3. The number of carbonyl (C=O) groups excluding carboxylic acids is 1. The van der Waals surface area contributed by atoms with Crippen molar-refractivity contribution in [2.45, 2.75) is 26.7 Å². The Labute approximate surface area is 158 Å². The molecule has 2 aromatic heterocycles. The van der Waals surface area contributed by atoms with Gasteiger partial charge in [0.05, 0.1) is 36.2 Å². The lowest BCUT2D eigenvalue weighted by molar-refractivity contribution is 0.0917. The first kappa shape index (κ1) is 17.3. The molecule has 0 amide bonds. The number of ether oxygens (including phenoxy) is 1. The van der Waals surface area contributed by atoms with Gasteiger partial charge in [-0.05, 0) is 23.3 Å². The van der Waals surface area contributed by atoms with E-state index in [1.165, 1.54) is 0 Å². The lowest BCUT2D eigenvalue weighted by Crippen LogP contribution is -2.36. The van der Waals surface area contributed by atoms with Crippen LogP contribution < -0.4 is 4.90 Å². The molecule has 2 aliphatic rings. The van der Waals surface area contributed by atoms with Gasteiger partial charge in [-0.3, -0.25) is 4.79 Å². The van der Waals surface area contributed by atoms with E-state index in [-0.39, 0.29) is 11.2 Å². The molecule has 0 spiro atoms. The SMILES string of the molecule is Cn1cncc1C#Cc1c(N2CCOCC2)sc2c1CC(C)(C)CC2=O. The molecule has 136 valence electrons. The summed E-state index contributed by atoms with van der Waals surface area (Å²) in [6.45, 7) is 7.46. The topological polar surface area (TPSA) is 47.4 Å². The monoisotopic (exact) mass is 369 g/mol. The van der Waals surface area contributed by atoms with Crippen LogP contribution in [0.25, 0.3) is 0 Å². The molecule has 1 aliphatic carbocycles. The second kappa shape index (κ2) is 6.57. The molecular formula is C20H23N3O2S. The summed E-state index contributed by atoms with van der Waals surface area (Å²) in [6.07, 6.45) is 5.03. The molecule has 3 heterocycles. The van der Waals surface area contributed by atoms with Gasteiger partial charge < -0.3 is 14.2 Å². The highest BCUT2D eigenvalue weighted by molar-refractivity contribution is 7.18. The first-order chi connectivity index (χ1) is 12.4. The van der Waals surface area contributed by atoms with E-state index in [0.717, 1.165) is 59.4 Å². The summed E-state index contributed by atoms with van der Waals surface area (Å²) in [4.78, 5) is 20.1. The molecule has 1 fully saturated rings. The minimum absolute atomic E-state index is 0.0175. The largest absolute Gasteiger partial charge is 0.378 e. The number of aryl methyl sites for hydroxylation is 1. The zero-order valence-electron chi connectivity index (χ0n) is 15.5. The summed E-state index contributed by atoms with van der Waals surface area (Å²) in [5.74, 6) is 6.89. The Kier molecular flexibility index (Phi) is 4.37. The molecular weight excluding hydrogens is 346 g/mol. The van der Waals surface area contributed by atoms with Crippen molar-refractivity contribution in [1.29, 1.82) is 0 Å². The summed E-state index contributed by atoms with van der Waals surface area (Å²) in [6, 6.07) is 0. The molecule has 1 saturated heterocycles. The maximum absolute atomic E-state index is 12.7. The highest BCUT2D eigenvalue weighted by Crippen LogP contribution is 2.44. The number of rotatable bonds is 1. The van der Waals surface area contributed by atoms with Gasteiger partial charge in [0.25, 0.3) is 0 Å². The van der Waals surface area contributed by atoms with Crippen molar-refractivity contribution in [2.75, 3.05) is 31.2 Å². The van der Waals surface area contributed by atoms with E-state index in [0.29, 0.717) is 6.42 Å². The number of imidazole rings is 1. The highest BCUT2D eigenvalue weighted by atomic mass is 32.1. The lowest BCUT2D eigenvalue weighted by Gasteiger charge is -2.29. The van der Waals surface area contributed by atoms with Gasteiger partial charge >= 0.3 is 0 Å². The minimum Gasteiger partial charge on any atom is -0.378 e. The summed E-state index contributed by atoms with van der Waals surface area (Å²) in [7, 11) is 1.94. The summed E-state index contributed by atoms with van der Waals surface area (Å²) in [5, 5.41) is 1.12. The van der Waals surface area contributed by atoms with E-state index in [1.807, 2.05) is 11.6 Å². The molecule has 5 nitrogen and oxygen atoms in total. The fraction of sp³-hybridized carbons (Fsp3) is 0.500. The van der Waals surface area contributed by atoms with E-state index in [1.54, 1.807) is 23.9 Å².